The van der Waals surface area contributed by atoms with Crippen LogP contribution < -0.4 is 5.73 Å². The van der Waals surface area contributed by atoms with Crippen LogP contribution in [0.3, 0.4) is 0 Å². The van der Waals surface area contributed by atoms with Gasteiger partial charge in [0.1, 0.15) is 0 Å². The molecule has 3 heteroatoms. The lowest BCUT2D eigenvalue weighted by molar-refractivity contribution is -0.142. The van der Waals surface area contributed by atoms with E-state index >= 15 is 0 Å². The van der Waals surface area contributed by atoms with E-state index in [4.69, 9.17) is 10.5 Å². The Hall–Kier alpha value is -1.87. The third-order valence-corrected chi connectivity index (χ3v) is 3.27. The Bertz CT molecular complexity index is 578. The molecule has 0 bridgehead atoms. The zero-order valence-electron chi connectivity index (χ0n) is 10.6. The van der Waals surface area contributed by atoms with Crippen LogP contribution in [-0.4, -0.2) is 19.6 Å². The first-order chi connectivity index (χ1) is 8.69. The lowest BCUT2D eigenvalue weighted by Gasteiger charge is -2.16. The van der Waals surface area contributed by atoms with E-state index < -0.39 is 5.92 Å². The van der Waals surface area contributed by atoms with Gasteiger partial charge in [-0.05, 0) is 28.8 Å². The molecule has 0 amide bonds. The normalized spacial score (nSPS) is 12.4. The van der Waals surface area contributed by atoms with Crippen LogP contribution in [0.15, 0.2) is 36.4 Å². The number of aryl methyl sites for hydroxylation is 1. The highest BCUT2D eigenvalue weighted by Gasteiger charge is 2.21. The largest absolute Gasteiger partial charge is 0.469 e. The Morgan fingerprint density at radius 3 is 2.50 bits per heavy atom. The topological polar surface area (TPSA) is 52.3 Å². The van der Waals surface area contributed by atoms with Gasteiger partial charge in [-0.3, -0.25) is 4.79 Å². The Balaban J connectivity index is 2.64. The van der Waals surface area contributed by atoms with Gasteiger partial charge in [0, 0.05) is 6.54 Å². The number of carbonyl (C=O) groups excluding carboxylic acids is 1. The first kappa shape index (κ1) is 12.6. The van der Waals surface area contributed by atoms with Gasteiger partial charge in [0.15, 0.2) is 0 Å². The van der Waals surface area contributed by atoms with Crippen molar-refractivity contribution in [1.29, 1.82) is 0 Å². The molecule has 0 saturated heterocycles. The molecule has 94 valence electrons. The maximum absolute atomic E-state index is 11.8. The molecule has 0 saturated carbocycles. The minimum atomic E-state index is -0.402. The number of rotatable bonds is 3. The molecule has 2 aromatic carbocycles. The summed E-state index contributed by atoms with van der Waals surface area (Å²) in [5.41, 5.74) is 7.84. The fourth-order valence-electron chi connectivity index (χ4n) is 2.27. The summed E-state index contributed by atoms with van der Waals surface area (Å²) in [7, 11) is 1.39. The van der Waals surface area contributed by atoms with Crippen molar-refractivity contribution in [3.05, 3.63) is 47.5 Å². The molecule has 18 heavy (non-hydrogen) atoms. The molecule has 0 fully saturated rings. The third-order valence-electron chi connectivity index (χ3n) is 3.27. The predicted octanol–water partition coefficient (Wildman–Crippen LogP) is 2.36. The average molecular weight is 243 g/mol. The third kappa shape index (κ3) is 2.09. The fraction of sp³-hybridized carbons (Fsp3) is 0.267. The van der Waals surface area contributed by atoms with Gasteiger partial charge in [0.05, 0.1) is 13.0 Å². The molecule has 0 heterocycles. The highest BCUT2D eigenvalue weighted by molar-refractivity contribution is 5.93. The zero-order chi connectivity index (χ0) is 13.1. The summed E-state index contributed by atoms with van der Waals surface area (Å²) in [5.74, 6) is -0.688. The molecular weight excluding hydrogens is 226 g/mol. The number of esters is 1. The van der Waals surface area contributed by atoms with Crippen LogP contribution >= 0.6 is 0 Å². The molecule has 0 radical (unpaired) electrons. The standard InChI is InChI=1S/C15H17NO2/c1-10-7-8-13(14(9-16)15(17)18-2)12-6-4-3-5-11(10)12/h3-8,14H,9,16H2,1-2H3. The van der Waals surface area contributed by atoms with Crippen molar-refractivity contribution in [3.8, 4) is 0 Å². The summed E-state index contributed by atoms with van der Waals surface area (Å²) >= 11 is 0. The highest BCUT2D eigenvalue weighted by atomic mass is 16.5. The minimum Gasteiger partial charge on any atom is -0.469 e. The van der Waals surface area contributed by atoms with E-state index in [1.807, 2.05) is 30.3 Å². The van der Waals surface area contributed by atoms with Crippen molar-refractivity contribution in [2.45, 2.75) is 12.8 Å². The number of carbonyl (C=O) groups is 1. The van der Waals surface area contributed by atoms with Gasteiger partial charge < -0.3 is 10.5 Å². The molecule has 2 rings (SSSR count). The molecule has 3 nitrogen and oxygen atoms in total. The number of hydrogen-bond donors (Lipinski definition) is 1. The fourth-order valence-corrected chi connectivity index (χ4v) is 2.27. The van der Waals surface area contributed by atoms with E-state index in [1.165, 1.54) is 12.7 Å². The van der Waals surface area contributed by atoms with Crippen molar-refractivity contribution in [2.75, 3.05) is 13.7 Å². The summed E-state index contributed by atoms with van der Waals surface area (Å²) in [6.07, 6.45) is 0. The summed E-state index contributed by atoms with van der Waals surface area (Å²) < 4.78 is 4.82. The van der Waals surface area contributed by atoms with Gasteiger partial charge in [0.2, 0.25) is 0 Å². The number of ether oxygens (including phenoxy) is 1. The monoisotopic (exact) mass is 243 g/mol. The lowest BCUT2D eigenvalue weighted by atomic mass is 9.91. The molecule has 2 N–H and O–H groups in total. The molecule has 0 spiro atoms. The molecule has 1 atom stereocenters. The number of nitrogens with two attached hydrogens (primary N) is 1. The quantitative estimate of drug-likeness (QED) is 0.842. The van der Waals surface area contributed by atoms with Gasteiger partial charge >= 0.3 is 5.97 Å². The van der Waals surface area contributed by atoms with E-state index in [0.717, 1.165) is 16.3 Å². The van der Waals surface area contributed by atoms with Crippen molar-refractivity contribution < 1.29 is 9.53 Å². The van der Waals surface area contributed by atoms with Gasteiger partial charge in [-0.2, -0.15) is 0 Å². The highest BCUT2D eigenvalue weighted by Crippen LogP contribution is 2.28. The van der Waals surface area contributed by atoms with Gasteiger partial charge in [0.25, 0.3) is 0 Å². The van der Waals surface area contributed by atoms with Crippen LogP contribution in [0.4, 0.5) is 0 Å². The Morgan fingerprint density at radius 1 is 1.22 bits per heavy atom. The molecule has 2 aromatic rings. The Morgan fingerprint density at radius 2 is 1.89 bits per heavy atom. The Labute approximate surface area is 107 Å². The molecule has 0 aliphatic carbocycles. The maximum Gasteiger partial charge on any atom is 0.314 e. The molecule has 0 aromatic heterocycles. The van der Waals surface area contributed by atoms with E-state index in [-0.39, 0.29) is 12.5 Å². The molecule has 0 aliphatic heterocycles. The number of hydrogen-bond acceptors (Lipinski definition) is 3. The van der Waals surface area contributed by atoms with E-state index in [2.05, 4.69) is 13.0 Å². The SMILES string of the molecule is COC(=O)C(CN)c1ccc(C)c2ccccc12. The predicted molar refractivity (Wildman–Crippen MR) is 72.5 cm³/mol. The Kier molecular flexibility index (Phi) is 3.63. The summed E-state index contributed by atoms with van der Waals surface area (Å²) in [4.78, 5) is 11.8. The number of benzene rings is 2. The van der Waals surface area contributed by atoms with Crippen molar-refractivity contribution in [3.63, 3.8) is 0 Å². The summed E-state index contributed by atoms with van der Waals surface area (Å²) in [5, 5.41) is 2.22. The van der Waals surface area contributed by atoms with Gasteiger partial charge in [-0.1, -0.05) is 36.4 Å². The molecular formula is C15H17NO2. The first-order valence-electron chi connectivity index (χ1n) is 5.95. The second-order valence-corrected chi connectivity index (χ2v) is 4.33. The van der Waals surface area contributed by atoms with Crippen LogP contribution in [0.5, 0.6) is 0 Å². The maximum atomic E-state index is 11.8. The van der Waals surface area contributed by atoms with Crippen LogP contribution in [0.25, 0.3) is 10.8 Å². The van der Waals surface area contributed by atoms with Crippen LogP contribution in [0.1, 0.15) is 17.0 Å². The van der Waals surface area contributed by atoms with Gasteiger partial charge in [-0.25, -0.2) is 0 Å². The number of fused-ring (bicyclic) bond motifs is 1. The molecule has 0 aliphatic rings. The zero-order valence-corrected chi connectivity index (χ0v) is 10.6. The van der Waals surface area contributed by atoms with E-state index in [1.54, 1.807) is 0 Å². The molecule has 1 unspecified atom stereocenters. The summed E-state index contributed by atoms with van der Waals surface area (Å²) in [6, 6.07) is 12.0. The lowest BCUT2D eigenvalue weighted by Crippen LogP contribution is -2.23. The van der Waals surface area contributed by atoms with E-state index in [9.17, 15) is 4.79 Å². The minimum absolute atomic E-state index is 0.250. The smallest absolute Gasteiger partial charge is 0.314 e. The van der Waals surface area contributed by atoms with Gasteiger partial charge in [-0.15, -0.1) is 0 Å². The van der Waals surface area contributed by atoms with Crippen molar-refractivity contribution in [1.82, 2.24) is 0 Å². The van der Waals surface area contributed by atoms with Crippen LogP contribution in [0.2, 0.25) is 0 Å². The van der Waals surface area contributed by atoms with Crippen LogP contribution in [-0.2, 0) is 9.53 Å². The first-order valence-corrected chi connectivity index (χ1v) is 5.95. The van der Waals surface area contributed by atoms with E-state index in [0.29, 0.717) is 0 Å². The van der Waals surface area contributed by atoms with Crippen molar-refractivity contribution >= 4 is 16.7 Å². The second-order valence-electron chi connectivity index (χ2n) is 4.33. The van der Waals surface area contributed by atoms with Crippen molar-refractivity contribution in [2.24, 2.45) is 5.73 Å². The van der Waals surface area contributed by atoms with Crippen LogP contribution in [0, 0.1) is 6.92 Å². The average Bonchev–Trinajstić information content (AvgIpc) is 2.42. The number of methoxy groups -OCH3 is 1. The summed E-state index contributed by atoms with van der Waals surface area (Å²) in [6.45, 7) is 2.31. The second kappa shape index (κ2) is 5.19.